The van der Waals surface area contributed by atoms with E-state index in [1.807, 2.05) is 6.92 Å². The van der Waals surface area contributed by atoms with E-state index in [1.54, 1.807) is 31.2 Å². The summed E-state index contributed by atoms with van der Waals surface area (Å²) in [6.45, 7) is 3.64. The van der Waals surface area contributed by atoms with E-state index in [0.29, 0.717) is 22.9 Å². The predicted octanol–water partition coefficient (Wildman–Crippen LogP) is 1.42. The zero-order valence-corrected chi connectivity index (χ0v) is 11.6. The predicted molar refractivity (Wildman–Crippen MR) is 77.8 cm³/mol. The molecule has 20 heavy (non-hydrogen) atoms. The van der Waals surface area contributed by atoms with Crippen molar-refractivity contribution in [2.24, 2.45) is 0 Å². The van der Waals surface area contributed by atoms with Gasteiger partial charge < -0.3 is 15.4 Å². The van der Waals surface area contributed by atoms with Crippen LogP contribution in [0.25, 0.3) is 10.9 Å². The van der Waals surface area contributed by atoms with Crippen molar-refractivity contribution < 1.29 is 9.90 Å². The molecule has 2 rings (SSSR count). The Hall–Kier alpha value is -2.14. The molecule has 0 aliphatic rings. The summed E-state index contributed by atoms with van der Waals surface area (Å²) in [5.74, 6) is -0.360. The van der Waals surface area contributed by atoms with Crippen LogP contribution in [0.4, 0.5) is 0 Å². The van der Waals surface area contributed by atoms with Crippen molar-refractivity contribution in [2.45, 2.75) is 25.9 Å². The largest absolute Gasteiger partial charge is 0.388 e. The Morgan fingerprint density at radius 3 is 2.80 bits per heavy atom. The molecule has 5 nitrogen and oxygen atoms in total. The third-order valence-corrected chi connectivity index (χ3v) is 3.39. The van der Waals surface area contributed by atoms with Crippen LogP contribution in [0.1, 0.15) is 30.6 Å². The van der Waals surface area contributed by atoms with Crippen molar-refractivity contribution in [3.8, 4) is 0 Å². The lowest BCUT2D eigenvalue weighted by Crippen LogP contribution is -2.40. The van der Waals surface area contributed by atoms with E-state index < -0.39 is 5.60 Å². The van der Waals surface area contributed by atoms with Gasteiger partial charge in [-0.2, -0.15) is 0 Å². The van der Waals surface area contributed by atoms with Crippen LogP contribution in [-0.4, -0.2) is 28.1 Å². The number of para-hydroxylation sites is 1. The number of H-pyrrole nitrogens is 1. The Labute approximate surface area is 116 Å². The van der Waals surface area contributed by atoms with Gasteiger partial charge in [0.25, 0.3) is 5.91 Å². The molecule has 1 unspecified atom stereocenters. The molecule has 1 atom stereocenters. The van der Waals surface area contributed by atoms with E-state index in [4.69, 9.17) is 0 Å². The van der Waals surface area contributed by atoms with Gasteiger partial charge in [-0.1, -0.05) is 25.1 Å². The fourth-order valence-corrected chi connectivity index (χ4v) is 1.88. The van der Waals surface area contributed by atoms with E-state index in [-0.39, 0.29) is 18.0 Å². The highest BCUT2D eigenvalue weighted by atomic mass is 16.3. The number of rotatable bonds is 4. The van der Waals surface area contributed by atoms with Gasteiger partial charge in [0.1, 0.15) is 0 Å². The number of carbonyl (C=O) groups is 1. The number of carbonyl (C=O) groups excluding carboxylic acids is 1. The third-order valence-electron chi connectivity index (χ3n) is 3.39. The molecule has 5 heteroatoms. The number of hydrogen-bond acceptors (Lipinski definition) is 3. The first-order valence-electron chi connectivity index (χ1n) is 6.55. The van der Waals surface area contributed by atoms with Gasteiger partial charge in [-0.25, -0.2) is 0 Å². The molecule has 0 fully saturated rings. The maximum Gasteiger partial charge on any atom is 0.252 e. The Bertz CT molecular complexity index is 689. The molecule has 2 aromatic rings. The molecular weight excluding hydrogens is 256 g/mol. The first-order chi connectivity index (χ1) is 9.43. The number of aromatic amines is 1. The van der Waals surface area contributed by atoms with Crippen molar-refractivity contribution >= 4 is 16.8 Å². The van der Waals surface area contributed by atoms with Gasteiger partial charge in [0.05, 0.1) is 11.2 Å². The lowest BCUT2D eigenvalue weighted by atomic mass is 10.0. The summed E-state index contributed by atoms with van der Waals surface area (Å²) in [6.07, 6.45) is 0.531. The van der Waals surface area contributed by atoms with E-state index >= 15 is 0 Å². The number of aromatic nitrogens is 1. The number of aliphatic hydroxyl groups is 1. The normalized spacial score (nSPS) is 13.9. The average molecular weight is 274 g/mol. The van der Waals surface area contributed by atoms with Crippen LogP contribution in [-0.2, 0) is 0 Å². The quantitative estimate of drug-likeness (QED) is 0.788. The number of benzene rings is 1. The van der Waals surface area contributed by atoms with E-state index in [2.05, 4.69) is 10.3 Å². The summed E-state index contributed by atoms with van der Waals surface area (Å²) in [7, 11) is 0. The maximum absolute atomic E-state index is 12.2. The van der Waals surface area contributed by atoms with Crippen LogP contribution >= 0.6 is 0 Å². The Morgan fingerprint density at radius 2 is 2.10 bits per heavy atom. The molecular formula is C15H18N2O3. The molecule has 1 aromatic heterocycles. The van der Waals surface area contributed by atoms with Crippen LogP contribution < -0.4 is 10.9 Å². The molecule has 0 radical (unpaired) electrons. The van der Waals surface area contributed by atoms with Crippen molar-refractivity contribution in [1.82, 2.24) is 10.3 Å². The van der Waals surface area contributed by atoms with Crippen LogP contribution in [0.3, 0.4) is 0 Å². The molecule has 1 amide bonds. The second-order valence-electron chi connectivity index (χ2n) is 5.13. The van der Waals surface area contributed by atoms with Gasteiger partial charge in [0.2, 0.25) is 5.56 Å². The van der Waals surface area contributed by atoms with E-state index in [1.165, 1.54) is 6.07 Å². The zero-order chi connectivity index (χ0) is 14.8. The minimum absolute atomic E-state index is 0.142. The van der Waals surface area contributed by atoms with Gasteiger partial charge in [0.15, 0.2) is 0 Å². The Morgan fingerprint density at radius 1 is 1.40 bits per heavy atom. The summed E-state index contributed by atoms with van der Waals surface area (Å²) >= 11 is 0. The first-order valence-corrected chi connectivity index (χ1v) is 6.55. The van der Waals surface area contributed by atoms with Crippen LogP contribution in [0.5, 0.6) is 0 Å². The van der Waals surface area contributed by atoms with Crippen LogP contribution in [0, 0.1) is 0 Å². The molecule has 0 bridgehead atoms. The SMILES string of the molecule is CCC(C)(O)CNC(=O)c1cc(=O)[nH]c2ccccc12. The summed E-state index contributed by atoms with van der Waals surface area (Å²) in [4.78, 5) is 26.5. The highest BCUT2D eigenvalue weighted by Crippen LogP contribution is 2.15. The summed E-state index contributed by atoms with van der Waals surface area (Å²) in [5.41, 5.74) is -0.341. The third kappa shape index (κ3) is 3.05. The minimum Gasteiger partial charge on any atom is -0.388 e. The summed E-state index contributed by atoms with van der Waals surface area (Å²) < 4.78 is 0. The fraction of sp³-hybridized carbons (Fsp3) is 0.333. The number of hydrogen-bond donors (Lipinski definition) is 3. The van der Waals surface area contributed by atoms with Gasteiger partial charge in [-0.3, -0.25) is 9.59 Å². The molecule has 1 aromatic carbocycles. The van der Waals surface area contributed by atoms with Crippen LogP contribution in [0.2, 0.25) is 0 Å². The topological polar surface area (TPSA) is 82.2 Å². The second kappa shape index (κ2) is 5.46. The van der Waals surface area contributed by atoms with Gasteiger partial charge in [-0.05, 0) is 19.4 Å². The van der Waals surface area contributed by atoms with Crippen molar-refractivity contribution in [2.75, 3.05) is 6.54 Å². The summed E-state index contributed by atoms with van der Waals surface area (Å²) in [6, 6.07) is 8.40. The maximum atomic E-state index is 12.2. The average Bonchev–Trinajstić information content (AvgIpc) is 2.44. The number of nitrogens with one attached hydrogen (secondary N) is 2. The second-order valence-corrected chi connectivity index (χ2v) is 5.13. The molecule has 0 aliphatic heterocycles. The first kappa shape index (κ1) is 14.3. The molecule has 0 saturated heterocycles. The van der Waals surface area contributed by atoms with Crippen molar-refractivity contribution in [3.05, 3.63) is 46.2 Å². The number of fused-ring (bicyclic) bond motifs is 1. The smallest absolute Gasteiger partial charge is 0.252 e. The van der Waals surface area contributed by atoms with Crippen molar-refractivity contribution in [1.29, 1.82) is 0 Å². The Balaban J connectivity index is 2.33. The lowest BCUT2D eigenvalue weighted by molar-refractivity contribution is 0.0519. The van der Waals surface area contributed by atoms with E-state index in [9.17, 15) is 14.7 Å². The molecule has 106 valence electrons. The number of amides is 1. The van der Waals surface area contributed by atoms with Crippen molar-refractivity contribution in [3.63, 3.8) is 0 Å². The molecule has 1 heterocycles. The van der Waals surface area contributed by atoms with Gasteiger partial charge >= 0.3 is 0 Å². The zero-order valence-electron chi connectivity index (χ0n) is 11.6. The molecule has 0 saturated carbocycles. The molecule has 0 spiro atoms. The number of pyridine rings is 1. The standard InChI is InChI=1S/C15H18N2O3/c1-3-15(2,20)9-16-14(19)11-8-13(18)17-12-7-5-4-6-10(11)12/h4-8,20H,3,9H2,1-2H3,(H,16,19)(H,17,18). The monoisotopic (exact) mass is 274 g/mol. The fourth-order valence-electron chi connectivity index (χ4n) is 1.88. The minimum atomic E-state index is -0.952. The highest BCUT2D eigenvalue weighted by molar-refractivity contribution is 6.05. The molecule has 0 aliphatic carbocycles. The summed E-state index contributed by atoms with van der Waals surface area (Å²) in [5, 5.41) is 13.3. The van der Waals surface area contributed by atoms with Crippen LogP contribution in [0.15, 0.2) is 35.1 Å². The van der Waals surface area contributed by atoms with E-state index in [0.717, 1.165) is 0 Å². The highest BCUT2D eigenvalue weighted by Gasteiger charge is 2.19. The Kier molecular flexibility index (Phi) is 3.90. The molecule has 3 N–H and O–H groups in total. The van der Waals surface area contributed by atoms with Gasteiger partial charge in [-0.15, -0.1) is 0 Å². The lowest BCUT2D eigenvalue weighted by Gasteiger charge is -2.21. The van der Waals surface area contributed by atoms with Gasteiger partial charge in [0, 0.05) is 23.5 Å².